The highest BCUT2D eigenvalue weighted by molar-refractivity contribution is 7.89. The Morgan fingerprint density at radius 2 is 1.90 bits per heavy atom. The van der Waals surface area contributed by atoms with Gasteiger partial charge >= 0.3 is 0 Å². The van der Waals surface area contributed by atoms with Gasteiger partial charge < -0.3 is 10.2 Å². The van der Waals surface area contributed by atoms with Crippen LogP contribution in [0.15, 0.2) is 21.4 Å². The van der Waals surface area contributed by atoms with Crippen molar-refractivity contribution in [2.45, 2.75) is 39.1 Å². The summed E-state index contributed by atoms with van der Waals surface area (Å²) in [7, 11) is -3.67. The highest BCUT2D eigenvalue weighted by Gasteiger charge is 2.19. The van der Waals surface area contributed by atoms with Gasteiger partial charge in [-0.3, -0.25) is 0 Å². The van der Waals surface area contributed by atoms with Gasteiger partial charge in [-0.25, -0.2) is 18.1 Å². The molecule has 0 radical (unpaired) electrons. The van der Waals surface area contributed by atoms with Crippen LogP contribution in [0.2, 0.25) is 0 Å². The number of oxazole rings is 1. The van der Waals surface area contributed by atoms with Crippen molar-refractivity contribution in [3.05, 3.63) is 40.6 Å². The summed E-state index contributed by atoms with van der Waals surface area (Å²) in [6, 6.07) is 3.34. The van der Waals surface area contributed by atoms with Crippen LogP contribution in [0.4, 0.5) is 5.69 Å². The Hall–Kier alpha value is -1.86. The van der Waals surface area contributed by atoms with Crippen molar-refractivity contribution < 1.29 is 12.8 Å². The second-order valence-corrected chi connectivity index (χ2v) is 6.79. The molecule has 3 N–H and O–H groups in total. The molecule has 1 heterocycles. The van der Waals surface area contributed by atoms with Crippen LogP contribution in [0.3, 0.4) is 0 Å². The molecule has 0 unspecified atom stereocenters. The Labute approximate surface area is 124 Å². The third-order valence-electron chi connectivity index (χ3n) is 3.32. The summed E-state index contributed by atoms with van der Waals surface area (Å²) in [5.41, 5.74) is 8.36. The lowest BCUT2D eigenvalue weighted by molar-refractivity contribution is 0.463. The topological polar surface area (TPSA) is 98.2 Å². The second kappa shape index (κ2) is 5.50. The zero-order chi connectivity index (χ0) is 15.8. The number of nitrogens with two attached hydrogens (primary N) is 1. The van der Waals surface area contributed by atoms with Gasteiger partial charge in [0.1, 0.15) is 5.76 Å². The lowest BCUT2D eigenvalue weighted by atomic mass is 10.1. The molecule has 0 aliphatic heterocycles. The second-order valence-electron chi connectivity index (χ2n) is 5.05. The monoisotopic (exact) mass is 309 g/mol. The van der Waals surface area contributed by atoms with Crippen LogP contribution < -0.4 is 10.5 Å². The number of aryl methyl sites for hydroxylation is 3. The van der Waals surface area contributed by atoms with E-state index in [9.17, 15) is 8.42 Å². The predicted octanol–water partition coefficient (Wildman–Crippen LogP) is 1.97. The first-order chi connectivity index (χ1) is 9.70. The molecule has 0 aliphatic rings. The van der Waals surface area contributed by atoms with Crippen LogP contribution in [-0.2, 0) is 16.6 Å². The van der Waals surface area contributed by atoms with Crippen LogP contribution in [0, 0.1) is 27.7 Å². The molecule has 6 nitrogen and oxygen atoms in total. The van der Waals surface area contributed by atoms with Gasteiger partial charge in [0.25, 0.3) is 0 Å². The molecule has 2 rings (SSSR count). The number of nitrogens with one attached hydrogen (secondary N) is 1. The summed E-state index contributed by atoms with van der Waals surface area (Å²) in [5, 5.41) is 0. The molecule has 0 aliphatic carbocycles. The predicted molar refractivity (Wildman–Crippen MR) is 80.3 cm³/mol. The van der Waals surface area contributed by atoms with Crippen LogP contribution in [0.5, 0.6) is 0 Å². The van der Waals surface area contributed by atoms with Gasteiger partial charge in [-0.2, -0.15) is 0 Å². The van der Waals surface area contributed by atoms with Crippen molar-refractivity contribution in [3.8, 4) is 0 Å². The van der Waals surface area contributed by atoms with E-state index in [2.05, 4.69) is 9.71 Å². The molecule has 1 aromatic carbocycles. The smallest absolute Gasteiger partial charge is 0.241 e. The van der Waals surface area contributed by atoms with Crippen molar-refractivity contribution in [3.63, 3.8) is 0 Å². The highest BCUT2D eigenvalue weighted by atomic mass is 32.2. The van der Waals surface area contributed by atoms with Crippen LogP contribution in [0.1, 0.15) is 28.5 Å². The molecule has 0 saturated heterocycles. The number of nitrogens with zero attached hydrogens (tertiary/aromatic N) is 1. The van der Waals surface area contributed by atoms with Crippen molar-refractivity contribution >= 4 is 15.7 Å². The fourth-order valence-electron chi connectivity index (χ4n) is 1.98. The minimum Gasteiger partial charge on any atom is -0.444 e. The Kier molecular flexibility index (Phi) is 4.06. The number of aromatic nitrogens is 1. The van der Waals surface area contributed by atoms with E-state index in [4.69, 9.17) is 10.2 Å². The summed E-state index contributed by atoms with van der Waals surface area (Å²) < 4.78 is 32.6. The van der Waals surface area contributed by atoms with E-state index in [1.54, 1.807) is 32.9 Å². The maximum Gasteiger partial charge on any atom is 0.241 e. The fraction of sp³-hybridized carbons (Fsp3) is 0.357. The average molecular weight is 309 g/mol. The number of hydrogen-bond donors (Lipinski definition) is 2. The molecule has 7 heteroatoms. The lowest BCUT2D eigenvalue weighted by Gasteiger charge is -2.11. The van der Waals surface area contributed by atoms with Crippen molar-refractivity contribution in [2.75, 3.05) is 5.73 Å². The van der Waals surface area contributed by atoms with Crippen LogP contribution in [0.25, 0.3) is 0 Å². The highest BCUT2D eigenvalue weighted by Crippen LogP contribution is 2.23. The van der Waals surface area contributed by atoms with Gasteiger partial charge in [0.15, 0.2) is 0 Å². The van der Waals surface area contributed by atoms with E-state index in [0.29, 0.717) is 22.9 Å². The average Bonchev–Trinajstić information content (AvgIpc) is 2.71. The molecule has 1 aromatic heterocycles. The van der Waals surface area contributed by atoms with Gasteiger partial charge in [-0.15, -0.1) is 0 Å². The standard InChI is InChI=1S/C14H19N3O3S/c1-8-5-12(15)9(2)13(6-8)21(18,19)16-7-14-17-10(3)11(4)20-14/h5-6,16H,7,15H2,1-4H3. The molecule has 21 heavy (non-hydrogen) atoms. The van der Waals surface area contributed by atoms with Crippen molar-refractivity contribution in [2.24, 2.45) is 0 Å². The van der Waals surface area contributed by atoms with Gasteiger partial charge in [-0.1, -0.05) is 0 Å². The van der Waals surface area contributed by atoms with Gasteiger partial charge in [0.2, 0.25) is 15.9 Å². The molecular formula is C14H19N3O3S. The Morgan fingerprint density at radius 1 is 1.24 bits per heavy atom. The molecule has 0 amide bonds. The van der Waals surface area contributed by atoms with Crippen LogP contribution in [-0.4, -0.2) is 13.4 Å². The molecule has 2 aromatic rings. The number of hydrogen-bond acceptors (Lipinski definition) is 5. The quantitative estimate of drug-likeness (QED) is 0.841. The first kappa shape index (κ1) is 15.5. The fourth-order valence-corrected chi connectivity index (χ4v) is 3.31. The maximum absolute atomic E-state index is 12.4. The summed E-state index contributed by atoms with van der Waals surface area (Å²) >= 11 is 0. The minimum atomic E-state index is -3.67. The Balaban J connectivity index is 2.27. The zero-order valence-corrected chi connectivity index (χ0v) is 13.3. The van der Waals surface area contributed by atoms with Crippen molar-refractivity contribution in [1.29, 1.82) is 0 Å². The first-order valence-electron chi connectivity index (χ1n) is 6.50. The first-order valence-corrected chi connectivity index (χ1v) is 7.98. The van der Waals surface area contributed by atoms with E-state index >= 15 is 0 Å². The summed E-state index contributed by atoms with van der Waals surface area (Å²) in [6.07, 6.45) is 0. The molecule has 0 atom stereocenters. The SMILES string of the molecule is Cc1cc(N)c(C)c(S(=O)(=O)NCc2nc(C)c(C)o2)c1. The van der Waals surface area contributed by atoms with E-state index in [0.717, 1.165) is 11.3 Å². The summed E-state index contributed by atoms with van der Waals surface area (Å²) in [4.78, 5) is 4.33. The van der Waals surface area contributed by atoms with Gasteiger partial charge in [0, 0.05) is 5.69 Å². The minimum absolute atomic E-state index is 0.00427. The largest absolute Gasteiger partial charge is 0.444 e. The summed E-state index contributed by atoms with van der Waals surface area (Å²) in [5.74, 6) is 1.02. The number of sulfonamides is 1. The summed E-state index contributed by atoms with van der Waals surface area (Å²) in [6.45, 7) is 7.08. The normalized spacial score (nSPS) is 11.8. The maximum atomic E-state index is 12.4. The van der Waals surface area contributed by atoms with Gasteiger partial charge in [0.05, 0.1) is 17.1 Å². The Morgan fingerprint density at radius 3 is 2.48 bits per heavy atom. The lowest BCUT2D eigenvalue weighted by Crippen LogP contribution is -2.24. The third-order valence-corrected chi connectivity index (χ3v) is 4.85. The van der Waals surface area contributed by atoms with Crippen LogP contribution >= 0.6 is 0 Å². The number of nitrogen functional groups attached to an aromatic ring is 1. The molecule has 114 valence electrons. The molecule has 0 bridgehead atoms. The Bertz CT molecular complexity index is 760. The molecule has 0 fully saturated rings. The molecular weight excluding hydrogens is 290 g/mol. The van der Waals surface area contributed by atoms with E-state index in [1.807, 2.05) is 6.92 Å². The van der Waals surface area contributed by atoms with Gasteiger partial charge in [-0.05, 0) is 51.0 Å². The van der Waals surface area contributed by atoms with E-state index in [1.165, 1.54) is 0 Å². The number of anilines is 1. The van der Waals surface area contributed by atoms with E-state index in [-0.39, 0.29) is 11.4 Å². The third kappa shape index (κ3) is 3.25. The number of benzene rings is 1. The molecule has 0 spiro atoms. The van der Waals surface area contributed by atoms with Crippen molar-refractivity contribution in [1.82, 2.24) is 9.71 Å². The molecule has 0 saturated carbocycles. The number of rotatable bonds is 4. The van der Waals surface area contributed by atoms with E-state index < -0.39 is 10.0 Å². The zero-order valence-electron chi connectivity index (χ0n) is 12.5.